The topological polar surface area (TPSA) is 38.1 Å². The molecule has 2 aromatic rings. The number of thiophene rings is 1. The van der Waals surface area contributed by atoms with Gasteiger partial charge in [-0.3, -0.25) is 9.48 Å². The van der Waals surface area contributed by atoms with Gasteiger partial charge in [-0.05, 0) is 42.0 Å². The molecule has 2 aromatic heterocycles. The molecule has 5 heteroatoms. The van der Waals surface area contributed by atoms with Crippen molar-refractivity contribution in [3.05, 3.63) is 52.5 Å². The van der Waals surface area contributed by atoms with Crippen LogP contribution in [-0.4, -0.2) is 20.6 Å². The van der Waals surface area contributed by atoms with E-state index >= 15 is 0 Å². The van der Waals surface area contributed by atoms with Crippen molar-refractivity contribution >= 4 is 17.2 Å². The first-order valence-corrected chi connectivity index (χ1v) is 8.33. The molecule has 1 amide bonds. The first-order valence-electron chi connectivity index (χ1n) is 7.45. The molecule has 0 saturated carbocycles. The average Bonchev–Trinajstić information content (AvgIpc) is 3.06. The summed E-state index contributed by atoms with van der Waals surface area (Å²) in [4.78, 5) is 15.2. The number of aromatic nitrogens is 2. The molecule has 4 nitrogen and oxygen atoms in total. The zero-order valence-corrected chi connectivity index (χ0v) is 14.3. The molecule has 2 heterocycles. The molecule has 0 radical (unpaired) electrons. The lowest BCUT2D eigenvalue weighted by Gasteiger charge is -2.21. The Hall–Kier alpha value is -1.88. The number of nitrogens with zero attached hydrogens (tertiary/aromatic N) is 3. The van der Waals surface area contributed by atoms with Gasteiger partial charge in [0.1, 0.15) is 0 Å². The molecular formula is C17H23N3OS. The summed E-state index contributed by atoms with van der Waals surface area (Å²) in [7, 11) is 0. The molecule has 0 aromatic carbocycles. The molecule has 22 heavy (non-hydrogen) atoms. The highest BCUT2D eigenvalue weighted by molar-refractivity contribution is 7.10. The van der Waals surface area contributed by atoms with E-state index in [2.05, 4.69) is 43.9 Å². The molecule has 0 bridgehead atoms. The summed E-state index contributed by atoms with van der Waals surface area (Å²) in [6.45, 7) is 12.0. The van der Waals surface area contributed by atoms with Crippen LogP contribution in [0.4, 0.5) is 0 Å². The summed E-state index contributed by atoms with van der Waals surface area (Å²) in [6.07, 6.45) is 3.17. The third-order valence-electron chi connectivity index (χ3n) is 3.34. The molecule has 0 aliphatic rings. The molecule has 0 fully saturated rings. The minimum Gasteiger partial charge on any atom is -0.329 e. The van der Waals surface area contributed by atoms with Gasteiger partial charge < -0.3 is 4.90 Å². The molecule has 0 aliphatic carbocycles. The van der Waals surface area contributed by atoms with Crippen LogP contribution in [0.2, 0.25) is 0 Å². The summed E-state index contributed by atoms with van der Waals surface area (Å²) in [5.41, 5.74) is 2.21. The summed E-state index contributed by atoms with van der Waals surface area (Å²) < 4.78 is 1.98. The minimum absolute atomic E-state index is 0.0545. The van der Waals surface area contributed by atoms with Crippen LogP contribution in [0, 0.1) is 12.8 Å². The first-order chi connectivity index (χ1) is 10.5. The van der Waals surface area contributed by atoms with Gasteiger partial charge in [0.15, 0.2) is 0 Å². The normalized spacial score (nSPS) is 10.9. The van der Waals surface area contributed by atoms with Crippen molar-refractivity contribution in [3.8, 4) is 0 Å². The van der Waals surface area contributed by atoms with Crippen molar-refractivity contribution in [2.75, 3.05) is 0 Å². The van der Waals surface area contributed by atoms with Crippen molar-refractivity contribution in [1.29, 1.82) is 0 Å². The number of hydrogen-bond acceptors (Lipinski definition) is 3. The van der Waals surface area contributed by atoms with Gasteiger partial charge in [-0.25, -0.2) is 0 Å². The van der Waals surface area contributed by atoms with Gasteiger partial charge >= 0.3 is 0 Å². The lowest BCUT2D eigenvalue weighted by molar-refractivity contribution is -0.127. The molecule has 2 rings (SSSR count). The van der Waals surface area contributed by atoms with Gasteiger partial charge in [-0.2, -0.15) is 5.10 Å². The summed E-state index contributed by atoms with van der Waals surface area (Å²) >= 11 is 1.70. The van der Waals surface area contributed by atoms with Crippen molar-refractivity contribution in [3.63, 3.8) is 0 Å². The van der Waals surface area contributed by atoms with E-state index in [9.17, 15) is 4.79 Å². The van der Waals surface area contributed by atoms with Gasteiger partial charge in [-0.1, -0.05) is 20.4 Å². The molecular weight excluding hydrogens is 294 g/mol. The third kappa shape index (κ3) is 4.31. The van der Waals surface area contributed by atoms with Crippen LogP contribution in [-0.2, 0) is 24.4 Å². The van der Waals surface area contributed by atoms with E-state index in [1.165, 1.54) is 11.0 Å². The zero-order valence-electron chi connectivity index (χ0n) is 13.5. The molecule has 0 saturated heterocycles. The Bertz CT molecular complexity index is 642. The average molecular weight is 317 g/mol. The van der Waals surface area contributed by atoms with E-state index in [4.69, 9.17) is 0 Å². The van der Waals surface area contributed by atoms with E-state index in [0.29, 0.717) is 19.0 Å². The molecule has 0 unspecified atom stereocenters. The molecule has 0 aliphatic heterocycles. The van der Waals surface area contributed by atoms with Crippen LogP contribution in [0.25, 0.3) is 0 Å². The van der Waals surface area contributed by atoms with E-state index in [0.717, 1.165) is 17.8 Å². The number of amides is 1. The molecule has 0 spiro atoms. The molecule has 0 atom stereocenters. The lowest BCUT2D eigenvalue weighted by atomic mass is 10.2. The fourth-order valence-electron chi connectivity index (χ4n) is 2.34. The Morgan fingerprint density at radius 1 is 1.50 bits per heavy atom. The van der Waals surface area contributed by atoms with Crippen LogP contribution in [0.1, 0.15) is 30.0 Å². The Kier molecular flexibility index (Phi) is 5.55. The Balaban J connectivity index is 2.15. The zero-order chi connectivity index (χ0) is 16.1. The molecule has 118 valence electrons. The minimum atomic E-state index is -0.0545. The highest BCUT2D eigenvalue weighted by Gasteiger charge is 2.15. The van der Waals surface area contributed by atoms with Gasteiger partial charge in [0.05, 0.1) is 12.2 Å². The van der Waals surface area contributed by atoms with Crippen LogP contribution in [0.15, 0.2) is 36.4 Å². The van der Waals surface area contributed by atoms with Crippen LogP contribution >= 0.6 is 11.3 Å². The van der Waals surface area contributed by atoms with Crippen LogP contribution in [0.5, 0.6) is 0 Å². The second-order valence-electron chi connectivity index (χ2n) is 5.86. The first kappa shape index (κ1) is 16.5. The second-order valence-corrected chi connectivity index (χ2v) is 6.98. The quantitative estimate of drug-likeness (QED) is 0.732. The molecule has 0 N–H and O–H groups in total. The Morgan fingerprint density at radius 2 is 2.27 bits per heavy atom. The number of rotatable bonds is 7. The van der Waals surface area contributed by atoms with E-state index in [1.807, 2.05) is 15.6 Å². The smallest absolute Gasteiger partial charge is 0.246 e. The lowest BCUT2D eigenvalue weighted by Crippen LogP contribution is -2.29. The standard InChI is InChI=1S/C17H23N3OS/c1-5-17(21)19(10-15-8-14(4)22-12-15)11-16-6-7-18-20(16)9-13(2)3/h5-8,12-13H,1,9-11H2,2-4H3. The highest BCUT2D eigenvalue weighted by Crippen LogP contribution is 2.17. The monoisotopic (exact) mass is 317 g/mol. The summed E-state index contributed by atoms with van der Waals surface area (Å²) in [5, 5.41) is 6.46. The SMILES string of the molecule is C=CC(=O)N(Cc1csc(C)c1)Cc1ccnn1CC(C)C. The maximum Gasteiger partial charge on any atom is 0.246 e. The largest absolute Gasteiger partial charge is 0.329 e. The van der Waals surface area contributed by atoms with Crippen molar-refractivity contribution in [2.45, 2.75) is 40.4 Å². The van der Waals surface area contributed by atoms with Crippen LogP contribution < -0.4 is 0 Å². The van der Waals surface area contributed by atoms with Crippen LogP contribution in [0.3, 0.4) is 0 Å². The van der Waals surface area contributed by atoms with Gasteiger partial charge in [0.25, 0.3) is 0 Å². The maximum atomic E-state index is 12.2. The predicted molar refractivity (Wildman–Crippen MR) is 90.6 cm³/mol. The Morgan fingerprint density at radius 3 is 2.86 bits per heavy atom. The number of carbonyl (C=O) groups excluding carboxylic acids is 1. The van der Waals surface area contributed by atoms with E-state index in [-0.39, 0.29) is 5.91 Å². The summed E-state index contributed by atoms with van der Waals surface area (Å²) in [5.74, 6) is 0.461. The summed E-state index contributed by atoms with van der Waals surface area (Å²) in [6, 6.07) is 4.10. The van der Waals surface area contributed by atoms with Gasteiger partial charge in [0.2, 0.25) is 5.91 Å². The fraction of sp³-hybridized carbons (Fsp3) is 0.412. The van der Waals surface area contributed by atoms with Gasteiger partial charge in [-0.15, -0.1) is 11.3 Å². The van der Waals surface area contributed by atoms with Crippen molar-refractivity contribution in [2.24, 2.45) is 5.92 Å². The number of hydrogen-bond donors (Lipinski definition) is 0. The second kappa shape index (κ2) is 7.40. The van der Waals surface area contributed by atoms with Gasteiger partial charge in [0, 0.05) is 24.2 Å². The number of carbonyl (C=O) groups is 1. The maximum absolute atomic E-state index is 12.2. The fourth-order valence-corrected chi connectivity index (χ4v) is 3.04. The predicted octanol–water partition coefficient (Wildman–Crippen LogP) is 3.62. The van der Waals surface area contributed by atoms with Crippen molar-refractivity contribution in [1.82, 2.24) is 14.7 Å². The van der Waals surface area contributed by atoms with Crippen molar-refractivity contribution < 1.29 is 4.79 Å². The van der Waals surface area contributed by atoms with E-state index < -0.39 is 0 Å². The highest BCUT2D eigenvalue weighted by atomic mass is 32.1. The Labute approximate surface area is 136 Å². The van der Waals surface area contributed by atoms with E-state index in [1.54, 1.807) is 17.5 Å². The third-order valence-corrected chi connectivity index (χ3v) is 4.25. The number of aryl methyl sites for hydroxylation is 1.